The van der Waals surface area contributed by atoms with Crippen molar-refractivity contribution in [3.05, 3.63) is 41.2 Å². The van der Waals surface area contributed by atoms with E-state index in [1.165, 1.54) is 22.9 Å². The Kier molecular flexibility index (Phi) is 7.60. The van der Waals surface area contributed by atoms with Crippen LogP contribution in [0.1, 0.15) is 77.2 Å². The van der Waals surface area contributed by atoms with Crippen molar-refractivity contribution in [1.29, 1.82) is 0 Å². The number of rotatable bonds is 9. The highest BCUT2D eigenvalue weighted by atomic mass is 32.2. The third kappa shape index (κ3) is 5.93. The van der Waals surface area contributed by atoms with Gasteiger partial charge in [-0.25, -0.2) is 12.8 Å². The van der Waals surface area contributed by atoms with Crippen molar-refractivity contribution in [2.75, 3.05) is 19.7 Å². The zero-order valence-electron chi connectivity index (χ0n) is 24.4. The van der Waals surface area contributed by atoms with Crippen molar-refractivity contribution in [3.63, 3.8) is 0 Å². The van der Waals surface area contributed by atoms with Gasteiger partial charge < -0.3 is 19.7 Å². The van der Waals surface area contributed by atoms with Crippen molar-refractivity contribution in [3.8, 4) is 0 Å². The molecule has 0 bridgehead atoms. The fourth-order valence-corrected chi connectivity index (χ4v) is 7.76. The molecule has 2 saturated carbocycles. The highest BCUT2D eigenvalue weighted by Crippen LogP contribution is 2.48. The zero-order chi connectivity index (χ0) is 29.8. The Bertz CT molecular complexity index is 1520. The maximum absolute atomic E-state index is 15.0. The molecule has 1 amide bonds. The van der Waals surface area contributed by atoms with E-state index in [9.17, 15) is 18.3 Å². The summed E-state index contributed by atoms with van der Waals surface area (Å²) in [5.41, 5.74) is 0.0579. The van der Waals surface area contributed by atoms with Crippen LogP contribution in [0.25, 0.3) is 17.0 Å². The molecule has 0 unspecified atom stereocenters. The number of aliphatic imine (C=N–C) groups is 1. The number of nitrogens with zero attached hydrogens (tertiary/aromatic N) is 3. The molecule has 0 atom stereocenters. The quantitative estimate of drug-likeness (QED) is 0.410. The number of nitrogens with one attached hydrogen (secondary N) is 1. The second kappa shape index (κ2) is 10.8. The van der Waals surface area contributed by atoms with Crippen LogP contribution in [0, 0.1) is 17.2 Å². The van der Waals surface area contributed by atoms with Gasteiger partial charge in [0.15, 0.2) is 5.79 Å². The maximum atomic E-state index is 15.0. The molecule has 3 fully saturated rings. The first-order valence-corrected chi connectivity index (χ1v) is 16.6. The molecule has 0 radical (unpaired) electrons. The molecule has 228 valence electrons. The number of fused-ring (bicyclic) bond motifs is 1. The molecule has 2 aromatic rings. The first-order valence-electron chi connectivity index (χ1n) is 15.1. The summed E-state index contributed by atoms with van der Waals surface area (Å²) in [4.78, 5) is 17.8. The lowest BCUT2D eigenvalue weighted by atomic mass is 9.88. The van der Waals surface area contributed by atoms with E-state index in [1.54, 1.807) is 19.9 Å². The van der Waals surface area contributed by atoms with Gasteiger partial charge in [-0.2, -0.15) is 4.31 Å². The van der Waals surface area contributed by atoms with Crippen LogP contribution in [-0.4, -0.2) is 65.2 Å². The molecular weight excluding hydrogens is 559 g/mol. The fraction of sp³-hybridized carbons (Fsp3) is 0.613. The monoisotopic (exact) mass is 600 g/mol. The number of hydrogen-bond donors (Lipinski definition) is 2. The molecule has 1 saturated heterocycles. The minimum absolute atomic E-state index is 0.0806. The summed E-state index contributed by atoms with van der Waals surface area (Å²) in [6, 6.07) is 4.88. The van der Waals surface area contributed by atoms with Crippen molar-refractivity contribution in [1.82, 2.24) is 14.2 Å². The van der Waals surface area contributed by atoms with E-state index in [0.717, 1.165) is 55.3 Å². The van der Waals surface area contributed by atoms with Crippen LogP contribution in [-0.2, 0) is 26.1 Å². The van der Waals surface area contributed by atoms with Gasteiger partial charge >= 0.3 is 0 Å². The van der Waals surface area contributed by atoms with Gasteiger partial charge in [-0.15, -0.1) is 0 Å². The van der Waals surface area contributed by atoms with Crippen LogP contribution in [0.2, 0.25) is 0 Å². The number of aliphatic hydroxyl groups is 1. The van der Waals surface area contributed by atoms with Crippen LogP contribution in [0.5, 0.6) is 0 Å². The summed E-state index contributed by atoms with van der Waals surface area (Å²) in [6.45, 7) is 4.67. The average Bonchev–Trinajstić information content (AvgIpc) is 3.50. The largest absolute Gasteiger partial charge is 0.366 e. The summed E-state index contributed by atoms with van der Waals surface area (Å²) in [5.74, 6) is -0.750. The summed E-state index contributed by atoms with van der Waals surface area (Å²) in [5, 5.41) is 14.7. The fourth-order valence-electron chi connectivity index (χ4n) is 6.59. The van der Waals surface area contributed by atoms with Crippen molar-refractivity contribution < 1.29 is 27.4 Å². The summed E-state index contributed by atoms with van der Waals surface area (Å²) in [7, 11) is -3.84. The van der Waals surface area contributed by atoms with Gasteiger partial charge in [0.2, 0.25) is 10.0 Å². The average molecular weight is 601 g/mol. The molecular formula is C31H41FN4O5S. The van der Waals surface area contributed by atoms with Gasteiger partial charge in [0.1, 0.15) is 17.2 Å². The number of amides is 1. The summed E-state index contributed by atoms with van der Waals surface area (Å²) >= 11 is 0. The Morgan fingerprint density at radius 1 is 1.14 bits per heavy atom. The number of aromatic nitrogens is 1. The molecule has 6 rings (SSSR count). The number of piperidine rings is 1. The van der Waals surface area contributed by atoms with Crippen LogP contribution in [0.3, 0.4) is 0 Å². The highest BCUT2D eigenvalue weighted by Gasteiger charge is 2.48. The molecule has 1 spiro atoms. The Hall–Kier alpha value is -2.60. The normalized spacial score (nSPS) is 23.1. The van der Waals surface area contributed by atoms with Crippen LogP contribution >= 0.6 is 0 Å². The molecule has 2 aliphatic heterocycles. The summed E-state index contributed by atoms with van der Waals surface area (Å²) < 4.78 is 50.6. The second-order valence-electron chi connectivity index (χ2n) is 13.1. The SMILES string of the molecule is CC(C)(O)OCC1(Cn2ccc3c(/C=C/S(=O)(=O)N4CCC5(CC4)N=C(C4CCCCC4)NC5=O)c(F)ccc32)CC1. The molecule has 42 heavy (non-hydrogen) atoms. The summed E-state index contributed by atoms with van der Waals surface area (Å²) in [6.07, 6.45) is 11.4. The minimum Gasteiger partial charge on any atom is -0.366 e. The molecule has 1 aromatic heterocycles. The van der Waals surface area contributed by atoms with E-state index >= 15 is 4.39 Å². The van der Waals surface area contributed by atoms with Gasteiger partial charge in [-0.3, -0.25) is 9.79 Å². The first-order chi connectivity index (χ1) is 19.9. The van der Waals surface area contributed by atoms with Crippen molar-refractivity contribution in [2.45, 2.75) is 89.5 Å². The Morgan fingerprint density at radius 2 is 1.86 bits per heavy atom. The molecule has 2 N–H and O–H groups in total. The smallest absolute Gasteiger partial charge is 0.253 e. The zero-order valence-corrected chi connectivity index (χ0v) is 25.3. The first kappa shape index (κ1) is 29.5. The van der Waals surface area contributed by atoms with Crippen LogP contribution in [0.4, 0.5) is 4.39 Å². The predicted octanol–water partition coefficient (Wildman–Crippen LogP) is 4.55. The maximum Gasteiger partial charge on any atom is 0.253 e. The lowest BCUT2D eigenvalue weighted by Crippen LogP contribution is -2.50. The lowest BCUT2D eigenvalue weighted by molar-refractivity contribution is -0.186. The van der Waals surface area contributed by atoms with Gasteiger partial charge in [-0.1, -0.05) is 19.3 Å². The van der Waals surface area contributed by atoms with Gasteiger partial charge in [0.25, 0.3) is 5.91 Å². The third-order valence-electron chi connectivity index (χ3n) is 9.44. The second-order valence-corrected chi connectivity index (χ2v) is 15.0. The molecule has 2 aliphatic carbocycles. The number of benzene rings is 1. The topological polar surface area (TPSA) is 113 Å². The van der Waals surface area contributed by atoms with E-state index in [1.807, 2.05) is 16.8 Å². The molecule has 1 aromatic carbocycles. The van der Waals surface area contributed by atoms with Gasteiger partial charge in [0, 0.05) is 59.0 Å². The number of sulfonamides is 1. The number of halogens is 1. The number of hydrogen-bond acceptors (Lipinski definition) is 6. The number of ether oxygens (including phenoxy) is 1. The third-order valence-corrected chi connectivity index (χ3v) is 11.0. The van der Waals surface area contributed by atoms with E-state index in [-0.39, 0.29) is 35.9 Å². The lowest BCUT2D eigenvalue weighted by Gasteiger charge is -2.34. The van der Waals surface area contributed by atoms with E-state index in [0.29, 0.717) is 31.4 Å². The van der Waals surface area contributed by atoms with Crippen LogP contribution in [0.15, 0.2) is 34.8 Å². The Balaban J connectivity index is 1.15. The number of amidine groups is 1. The molecule has 9 nitrogen and oxygen atoms in total. The van der Waals surface area contributed by atoms with Crippen molar-refractivity contribution >= 4 is 38.7 Å². The molecule has 3 heterocycles. The molecule has 11 heteroatoms. The predicted molar refractivity (Wildman–Crippen MR) is 159 cm³/mol. The van der Waals surface area contributed by atoms with Gasteiger partial charge in [0.05, 0.1) is 6.61 Å². The van der Waals surface area contributed by atoms with Crippen LogP contribution < -0.4 is 5.32 Å². The van der Waals surface area contributed by atoms with Gasteiger partial charge in [-0.05, 0) is 76.6 Å². The number of carbonyl (C=O) groups excluding carboxylic acids is 1. The van der Waals surface area contributed by atoms with E-state index in [2.05, 4.69) is 5.32 Å². The highest BCUT2D eigenvalue weighted by molar-refractivity contribution is 7.92. The standard InChI is InChI=1S/C31H41FN4O5S/c1-29(2,38)41-21-30(12-13-30)20-35-16-10-24-23(25(32)8-9-26(24)35)11-19-42(39,40)36-17-14-31(15-18-36)28(37)33-27(34-31)22-6-4-3-5-7-22/h8-11,16,19,22,38H,3-7,12-15,17-18,20-21H2,1-2H3,(H,33,34,37)/b19-11+. The van der Waals surface area contributed by atoms with E-state index in [4.69, 9.17) is 9.73 Å². The Labute approximate surface area is 246 Å². The Morgan fingerprint density at radius 3 is 2.52 bits per heavy atom. The van der Waals surface area contributed by atoms with E-state index < -0.39 is 27.2 Å². The van der Waals surface area contributed by atoms with Crippen molar-refractivity contribution in [2.24, 2.45) is 16.3 Å². The minimum atomic E-state index is -3.84. The number of carbonyl (C=O) groups is 1. The molecule has 4 aliphatic rings.